The largest absolute Gasteiger partial charge is 0.385 e. The van der Waals surface area contributed by atoms with Crippen molar-refractivity contribution in [3.8, 4) is 6.07 Å². The highest BCUT2D eigenvalue weighted by Gasteiger charge is 2.31. The number of benzene rings is 1. The number of ether oxygens (including phenoxy) is 1. The molecule has 1 aromatic carbocycles. The number of nitriles is 1. The molecule has 3 rings (SSSR count). The number of aromatic nitrogens is 2. The van der Waals surface area contributed by atoms with Crippen LogP contribution in [0.5, 0.6) is 0 Å². The third-order valence-corrected chi connectivity index (χ3v) is 5.24. The Balaban J connectivity index is 1.97. The van der Waals surface area contributed by atoms with Crippen LogP contribution in [0.15, 0.2) is 24.3 Å². The van der Waals surface area contributed by atoms with Gasteiger partial charge >= 0.3 is 0 Å². The van der Waals surface area contributed by atoms with Crippen molar-refractivity contribution >= 4 is 22.8 Å². The van der Waals surface area contributed by atoms with Gasteiger partial charge in [-0.2, -0.15) is 5.26 Å². The highest BCUT2D eigenvalue weighted by atomic mass is 16.5. The van der Waals surface area contributed by atoms with E-state index in [1.54, 1.807) is 7.11 Å². The van der Waals surface area contributed by atoms with Crippen molar-refractivity contribution in [2.75, 3.05) is 38.3 Å². The van der Waals surface area contributed by atoms with Crippen LogP contribution in [0.3, 0.4) is 0 Å². The minimum absolute atomic E-state index is 0.340. The average Bonchev–Trinajstić information content (AvgIpc) is 2.70. The molecule has 1 amide bonds. The molecular formula is C22H29N5O2. The Bertz CT molecular complexity index is 884. The van der Waals surface area contributed by atoms with Crippen LogP contribution in [0, 0.1) is 23.2 Å². The van der Waals surface area contributed by atoms with Gasteiger partial charge in [0.1, 0.15) is 5.69 Å². The van der Waals surface area contributed by atoms with Gasteiger partial charge in [-0.15, -0.1) is 0 Å². The lowest BCUT2D eigenvalue weighted by molar-refractivity contribution is -0.121. The quantitative estimate of drug-likeness (QED) is 0.725. The number of hydrogen-bond donors (Lipinski definition) is 1. The van der Waals surface area contributed by atoms with Gasteiger partial charge in [-0.25, -0.2) is 9.97 Å². The summed E-state index contributed by atoms with van der Waals surface area (Å²) in [6.45, 7) is 7.15. The Morgan fingerprint density at radius 1 is 1.28 bits per heavy atom. The zero-order chi connectivity index (χ0) is 20.8. The molecule has 1 aliphatic heterocycles. The van der Waals surface area contributed by atoms with Crippen LogP contribution >= 0.6 is 0 Å². The molecule has 2 aromatic rings. The number of anilines is 1. The number of carbonyl (C=O) groups is 1. The summed E-state index contributed by atoms with van der Waals surface area (Å²) in [6, 6.07) is 9.74. The van der Waals surface area contributed by atoms with Crippen LogP contribution in [0.1, 0.15) is 38.3 Å². The number of rotatable bonds is 7. The molecular weight excluding hydrogens is 366 g/mol. The maximum Gasteiger partial charge on any atom is 0.243 e. The molecule has 29 heavy (non-hydrogen) atoms. The third kappa shape index (κ3) is 5.01. The van der Waals surface area contributed by atoms with Crippen molar-refractivity contribution in [3.05, 3.63) is 30.0 Å². The minimum Gasteiger partial charge on any atom is -0.385 e. The predicted molar refractivity (Wildman–Crippen MR) is 113 cm³/mol. The number of carbonyl (C=O) groups excluding carboxylic acids is 1. The number of piperidine rings is 1. The topological polar surface area (TPSA) is 91.1 Å². The molecule has 3 atom stereocenters. The Morgan fingerprint density at radius 2 is 1.93 bits per heavy atom. The van der Waals surface area contributed by atoms with Crippen molar-refractivity contribution in [2.24, 2.45) is 11.8 Å². The van der Waals surface area contributed by atoms with E-state index in [2.05, 4.69) is 30.1 Å². The number of nitrogens with one attached hydrogen (secondary N) is 1. The van der Waals surface area contributed by atoms with Gasteiger partial charge in [0.25, 0.3) is 0 Å². The molecule has 1 fully saturated rings. The molecule has 1 N–H and O–H groups in total. The third-order valence-electron chi connectivity index (χ3n) is 5.24. The first kappa shape index (κ1) is 21.0. The summed E-state index contributed by atoms with van der Waals surface area (Å²) >= 11 is 0. The number of methoxy groups -OCH3 is 1. The maximum atomic E-state index is 12.8. The molecule has 7 nitrogen and oxygen atoms in total. The van der Waals surface area contributed by atoms with E-state index in [0.717, 1.165) is 25.0 Å². The van der Waals surface area contributed by atoms with Crippen molar-refractivity contribution in [3.63, 3.8) is 0 Å². The predicted octanol–water partition coefficient (Wildman–Crippen LogP) is 2.87. The van der Waals surface area contributed by atoms with E-state index in [1.807, 2.05) is 24.3 Å². The number of nitrogens with zero attached hydrogens (tertiary/aromatic N) is 4. The molecule has 1 aromatic heterocycles. The lowest BCUT2D eigenvalue weighted by Crippen LogP contribution is -2.40. The Morgan fingerprint density at radius 3 is 2.55 bits per heavy atom. The standard InChI is InChI=1S/C22H29N5O2/c1-15-11-16(2)14-27(13-15)21-20(25-18-7-4-5-8-19(18)26-21)17(12-23)22(28)24-9-6-10-29-3/h4-5,7-8,15-17H,6,9-11,13-14H2,1-3H3,(H,24,28)/t15-,16+,17-/m0/s1. The van der Waals surface area contributed by atoms with Crippen LogP contribution in [0.25, 0.3) is 11.0 Å². The van der Waals surface area contributed by atoms with E-state index >= 15 is 0 Å². The van der Waals surface area contributed by atoms with E-state index in [4.69, 9.17) is 14.7 Å². The van der Waals surface area contributed by atoms with E-state index in [-0.39, 0.29) is 5.91 Å². The van der Waals surface area contributed by atoms with Crippen molar-refractivity contribution in [2.45, 2.75) is 32.6 Å². The van der Waals surface area contributed by atoms with Gasteiger partial charge in [0.15, 0.2) is 11.7 Å². The van der Waals surface area contributed by atoms with E-state index in [0.29, 0.717) is 48.4 Å². The second-order valence-electron chi connectivity index (χ2n) is 7.97. The molecule has 1 saturated heterocycles. The Hall–Kier alpha value is -2.72. The highest BCUT2D eigenvalue weighted by Crippen LogP contribution is 2.31. The number of hydrogen-bond acceptors (Lipinski definition) is 6. The second kappa shape index (κ2) is 9.66. The minimum atomic E-state index is -1.00. The Kier molecular flexibility index (Phi) is 6.99. The normalized spacial score (nSPS) is 20.3. The highest BCUT2D eigenvalue weighted by molar-refractivity contribution is 5.88. The molecule has 154 valence electrons. The van der Waals surface area contributed by atoms with Gasteiger partial charge in [0.2, 0.25) is 5.91 Å². The molecule has 1 aliphatic rings. The van der Waals surface area contributed by atoms with Gasteiger partial charge in [0.05, 0.1) is 17.1 Å². The molecule has 0 radical (unpaired) electrons. The monoisotopic (exact) mass is 395 g/mol. The zero-order valence-electron chi connectivity index (χ0n) is 17.4. The molecule has 0 bridgehead atoms. The number of amides is 1. The van der Waals surface area contributed by atoms with Crippen molar-refractivity contribution in [1.29, 1.82) is 5.26 Å². The number of fused-ring (bicyclic) bond motifs is 1. The van der Waals surface area contributed by atoms with Gasteiger partial charge in [-0.05, 0) is 36.8 Å². The lowest BCUT2D eigenvalue weighted by atomic mass is 9.91. The molecule has 0 spiro atoms. The van der Waals surface area contributed by atoms with Gasteiger partial charge in [-0.1, -0.05) is 26.0 Å². The summed E-state index contributed by atoms with van der Waals surface area (Å²) in [5.41, 5.74) is 1.91. The van der Waals surface area contributed by atoms with Crippen LogP contribution in [0.2, 0.25) is 0 Å². The lowest BCUT2D eigenvalue weighted by Gasteiger charge is -2.36. The van der Waals surface area contributed by atoms with Gasteiger partial charge in [0, 0.05) is 33.4 Å². The van der Waals surface area contributed by atoms with E-state index < -0.39 is 5.92 Å². The first-order valence-corrected chi connectivity index (χ1v) is 10.2. The summed E-state index contributed by atoms with van der Waals surface area (Å²) in [5.74, 6) is 0.344. The van der Waals surface area contributed by atoms with Crippen molar-refractivity contribution in [1.82, 2.24) is 15.3 Å². The fourth-order valence-electron chi connectivity index (χ4n) is 4.04. The first-order chi connectivity index (χ1) is 14.0. The average molecular weight is 396 g/mol. The second-order valence-corrected chi connectivity index (χ2v) is 7.97. The summed E-state index contributed by atoms with van der Waals surface area (Å²) in [6.07, 6.45) is 1.85. The van der Waals surface area contributed by atoms with Gasteiger partial charge in [-0.3, -0.25) is 4.79 Å². The Labute approximate surface area is 172 Å². The van der Waals surface area contributed by atoms with E-state index in [9.17, 15) is 10.1 Å². The van der Waals surface area contributed by atoms with E-state index in [1.165, 1.54) is 0 Å². The summed E-state index contributed by atoms with van der Waals surface area (Å²) in [4.78, 5) is 24.5. The van der Waals surface area contributed by atoms with Crippen LogP contribution in [0.4, 0.5) is 5.82 Å². The van der Waals surface area contributed by atoms with Crippen LogP contribution in [-0.4, -0.2) is 49.2 Å². The molecule has 0 aliphatic carbocycles. The molecule has 0 saturated carbocycles. The molecule has 0 unspecified atom stereocenters. The van der Waals surface area contributed by atoms with Crippen LogP contribution in [-0.2, 0) is 9.53 Å². The molecule has 7 heteroatoms. The first-order valence-electron chi connectivity index (χ1n) is 10.2. The smallest absolute Gasteiger partial charge is 0.243 e. The van der Waals surface area contributed by atoms with Gasteiger partial charge < -0.3 is 15.0 Å². The fourth-order valence-corrected chi connectivity index (χ4v) is 4.04. The maximum absolute atomic E-state index is 12.8. The number of para-hydroxylation sites is 2. The summed E-state index contributed by atoms with van der Waals surface area (Å²) < 4.78 is 5.02. The summed E-state index contributed by atoms with van der Waals surface area (Å²) in [5, 5.41) is 12.7. The molecule has 2 heterocycles. The fraction of sp³-hybridized carbons (Fsp3) is 0.545. The SMILES string of the molecule is COCCCNC(=O)[C@@H](C#N)c1nc2ccccc2nc1N1C[C@H](C)C[C@H](C)C1. The summed E-state index contributed by atoms with van der Waals surface area (Å²) in [7, 11) is 1.62. The van der Waals surface area contributed by atoms with Crippen molar-refractivity contribution < 1.29 is 9.53 Å². The van der Waals surface area contributed by atoms with Crippen LogP contribution < -0.4 is 10.2 Å². The zero-order valence-corrected chi connectivity index (χ0v) is 17.4.